The minimum absolute atomic E-state index is 0.0785. The molecule has 202 valence electrons. The second-order valence-electron chi connectivity index (χ2n) is 8.61. The predicted molar refractivity (Wildman–Crippen MR) is 147 cm³/mol. The lowest BCUT2D eigenvalue weighted by atomic mass is 10.1. The van der Waals surface area contributed by atoms with Crippen molar-refractivity contribution in [2.45, 2.75) is 20.0 Å². The fraction of sp³-hybridized carbons (Fsp3) is 0.308. The van der Waals surface area contributed by atoms with E-state index in [2.05, 4.69) is 17.1 Å². The highest BCUT2D eigenvalue weighted by Crippen LogP contribution is 2.35. The van der Waals surface area contributed by atoms with E-state index >= 15 is 0 Å². The number of rotatable bonds is 9. The number of nitrogens with zero attached hydrogens (tertiary/aromatic N) is 2. The van der Waals surface area contributed by atoms with Crippen LogP contribution in [0.25, 0.3) is 0 Å². The van der Waals surface area contributed by atoms with Crippen LogP contribution in [0.1, 0.15) is 35.9 Å². The van der Waals surface area contributed by atoms with Crippen molar-refractivity contribution >= 4 is 52.3 Å². The van der Waals surface area contributed by atoms with Crippen LogP contribution < -0.4 is 11.1 Å². The standard InChI is InChI=1S/C26H29Cl2FN6O3/c1-3-34-10-12-35(13-11-34)26(37)16-4-6-17(7-5-16)33-25(36)20(30)14-21(24(31)32)38-15(2)22-18(27)8-9-19(29)23(22)28/h4-9,14-15,30H,3,10-13H2,1-2H3,(H3,31,32)(H,33,36)/b21-14+,30-20?. The normalized spacial score (nSPS) is 15.1. The highest BCUT2D eigenvalue weighted by atomic mass is 35.5. The van der Waals surface area contributed by atoms with E-state index < -0.39 is 29.4 Å². The van der Waals surface area contributed by atoms with Gasteiger partial charge < -0.3 is 25.6 Å². The molecular formula is C26H29Cl2FN6O3. The number of amidine groups is 1. The number of benzene rings is 2. The van der Waals surface area contributed by atoms with E-state index in [0.717, 1.165) is 31.8 Å². The number of hydrogen-bond acceptors (Lipinski definition) is 6. The van der Waals surface area contributed by atoms with Gasteiger partial charge in [0.2, 0.25) is 0 Å². The number of carbonyl (C=O) groups is 2. The maximum absolute atomic E-state index is 13.9. The van der Waals surface area contributed by atoms with Gasteiger partial charge in [0.1, 0.15) is 17.6 Å². The Labute approximate surface area is 230 Å². The maximum Gasteiger partial charge on any atom is 0.273 e. The SMILES string of the molecule is CCN1CCN(C(=O)c2ccc(NC(=O)C(=N)/C=C(/OC(C)c3c(Cl)ccc(F)c3Cl)C(=N)N)cc2)CC1. The van der Waals surface area contributed by atoms with Gasteiger partial charge in [-0.05, 0) is 49.9 Å². The van der Waals surface area contributed by atoms with Crippen LogP contribution in [0.2, 0.25) is 10.0 Å². The average Bonchev–Trinajstić information content (AvgIpc) is 2.90. The average molecular weight is 563 g/mol. The van der Waals surface area contributed by atoms with Crippen molar-refractivity contribution in [2.75, 3.05) is 38.0 Å². The highest BCUT2D eigenvalue weighted by Gasteiger charge is 2.23. The number of anilines is 1. The molecule has 1 unspecified atom stereocenters. The number of hydrogen-bond donors (Lipinski definition) is 4. The first-order chi connectivity index (χ1) is 18.0. The second kappa shape index (κ2) is 12.9. The smallest absolute Gasteiger partial charge is 0.273 e. The molecule has 0 aliphatic carbocycles. The number of nitrogens with two attached hydrogens (primary N) is 1. The van der Waals surface area contributed by atoms with Gasteiger partial charge in [0.15, 0.2) is 11.6 Å². The molecule has 5 N–H and O–H groups in total. The molecule has 0 bridgehead atoms. The monoisotopic (exact) mass is 562 g/mol. The number of nitrogens with one attached hydrogen (secondary N) is 3. The van der Waals surface area contributed by atoms with Gasteiger partial charge in [0.05, 0.1) is 5.02 Å². The van der Waals surface area contributed by atoms with Crippen molar-refractivity contribution in [1.82, 2.24) is 9.80 Å². The molecule has 1 saturated heterocycles. The molecule has 1 aliphatic rings. The van der Waals surface area contributed by atoms with Crippen LogP contribution in [0.4, 0.5) is 10.1 Å². The van der Waals surface area contributed by atoms with Crippen LogP contribution in [0.5, 0.6) is 0 Å². The summed E-state index contributed by atoms with van der Waals surface area (Å²) in [5.74, 6) is -2.42. The highest BCUT2D eigenvalue weighted by molar-refractivity contribution is 6.46. The molecule has 1 fully saturated rings. The Morgan fingerprint density at radius 1 is 1.13 bits per heavy atom. The molecule has 1 heterocycles. The van der Waals surface area contributed by atoms with Gasteiger partial charge in [0, 0.05) is 54.1 Å². The van der Waals surface area contributed by atoms with E-state index in [9.17, 15) is 14.0 Å². The van der Waals surface area contributed by atoms with E-state index in [0.29, 0.717) is 24.3 Å². The topological polar surface area (TPSA) is 136 Å². The summed E-state index contributed by atoms with van der Waals surface area (Å²) in [6.45, 7) is 7.54. The molecule has 0 saturated carbocycles. The third-order valence-electron chi connectivity index (χ3n) is 6.07. The third kappa shape index (κ3) is 7.09. The fourth-order valence-corrected chi connectivity index (χ4v) is 4.56. The van der Waals surface area contributed by atoms with Gasteiger partial charge in [-0.25, -0.2) is 4.39 Å². The van der Waals surface area contributed by atoms with Gasteiger partial charge in [-0.15, -0.1) is 0 Å². The van der Waals surface area contributed by atoms with Crippen molar-refractivity contribution < 1.29 is 18.7 Å². The minimum Gasteiger partial charge on any atom is -0.482 e. The zero-order valence-electron chi connectivity index (χ0n) is 21.0. The van der Waals surface area contributed by atoms with Crippen LogP contribution in [-0.2, 0) is 9.53 Å². The Balaban J connectivity index is 1.65. The van der Waals surface area contributed by atoms with E-state index in [1.807, 2.05) is 0 Å². The summed E-state index contributed by atoms with van der Waals surface area (Å²) in [4.78, 5) is 29.4. The first-order valence-electron chi connectivity index (χ1n) is 11.9. The van der Waals surface area contributed by atoms with E-state index in [1.54, 1.807) is 29.2 Å². The summed E-state index contributed by atoms with van der Waals surface area (Å²) in [7, 11) is 0. The van der Waals surface area contributed by atoms with Crippen molar-refractivity contribution in [3.05, 3.63) is 75.2 Å². The Morgan fingerprint density at radius 2 is 1.76 bits per heavy atom. The van der Waals surface area contributed by atoms with Crippen molar-refractivity contribution in [3.8, 4) is 0 Å². The lowest BCUT2D eigenvalue weighted by Crippen LogP contribution is -2.48. The quantitative estimate of drug-likeness (QED) is 0.155. The molecule has 38 heavy (non-hydrogen) atoms. The van der Waals surface area contributed by atoms with Crippen LogP contribution in [0, 0.1) is 16.6 Å². The number of halogens is 3. The maximum atomic E-state index is 13.9. The Kier molecular flexibility index (Phi) is 9.84. The largest absolute Gasteiger partial charge is 0.482 e. The number of likely N-dealkylation sites (N-methyl/N-ethyl adjacent to an activating group) is 1. The van der Waals surface area contributed by atoms with Gasteiger partial charge in [-0.1, -0.05) is 30.1 Å². The van der Waals surface area contributed by atoms with E-state index in [1.165, 1.54) is 13.0 Å². The Bertz CT molecular complexity index is 1260. The zero-order chi connectivity index (χ0) is 28.0. The van der Waals surface area contributed by atoms with Crippen molar-refractivity contribution in [3.63, 3.8) is 0 Å². The Hall–Kier alpha value is -3.47. The Morgan fingerprint density at radius 3 is 2.34 bits per heavy atom. The lowest BCUT2D eigenvalue weighted by Gasteiger charge is -2.34. The molecule has 12 heteroatoms. The van der Waals surface area contributed by atoms with Crippen LogP contribution in [0.15, 0.2) is 48.2 Å². The summed E-state index contributed by atoms with van der Waals surface area (Å²) < 4.78 is 19.5. The fourth-order valence-electron chi connectivity index (χ4n) is 3.88. The lowest BCUT2D eigenvalue weighted by molar-refractivity contribution is -0.110. The molecule has 2 amide bonds. The molecule has 1 atom stereocenters. The van der Waals surface area contributed by atoms with E-state index in [4.69, 9.17) is 44.5 Å². The summed E-state index contributed by atoms with van der Waals surface area (Å²) in [5, 5.41) is 18.3. The molecule has 3 rings (SSSR count). The molecule has 2 aromatic rings. The second-order valence-corrected chi connectivity index (χ2v) is 9.40. The van der Waals surface area contributed by atoms with Gasteiger partial charge in [0.25, 0.3) is 11.8 Å². The van der Waals surface area contributed by atoms with Crippen LogP contribution >= 0.6 is 23.2 Å². The van der Waals surface area contributed by atoms with Gasteiger partial charge >= 0.3 is 0 Å². The van der Waals surface area contributed by atoms with E-state index in [-0.39, 0.29) is 27.3 Å². The van der Waals surface area contributed by atoms with Crippen LogP contribution in [0.3, 0.4) is 0 Å². The number of ether oxygens (including phenoxy) is 1. The predicted octanol–water partition coefficient (Wildman–Crippen LogP) is 4.47. The third-order valence-corrected chi connectivity index (χ3v) is 6.79. The molecule has 2 aromatic carbocycles. The van der Waals surface area contributed by atoms with Gasteiger partial charge in [-0.3, -0.25) is 20.4 Å². The van der Waals surface area contributed by atoms with Gasteiger partial charge in [-0.2, -0.15) is 0 Å². The first-order valence-corrected chi connectivity index (χ1v) is 12.6. The zero-order valence-corrected chi connectivity index (χ0v) is 22.5. The number of carbonyl (C=O) groups excluding carboxylic acids is 2. The van der Waals surface area contributed by atoms with Crippen LogP contribution in [-0.4, -0.2) is 65.9 Å². The first kappa shape index (κ1) is 29.1. The molecule has 1 aliphatic heterocycles. The van der Waals surface area contributed by atoms with Crippen molar-refractivity contribution in [1.29, 1.82) is 10.8 Å². The summed E-state index contributed by atoms with van der Waals surface area (Å²) in [6, 6.07) is 8.80. The summed E-state index contributed by atoms with van der Waals surface area (Å²) in [5.41, 5.74) is 6.04. The summed E-state index contributed by atoms with van der Waals surface area (Å²) in [6.07, 6.45) is 0.0371. The molecule has 9 nitrogen and oxygen atoms in total. The molecular weight excluding hydrogens is 534 g/mol. The minimum atomic E-state index is -0.938. The summed E-state index contributed by atoms with van der Waals surface area (Å²) >= 11 is 12.1. The molecule has 0 aromatic heterocycles. The molecule has 0 spiro atoms. The number of piperazine rings is 1. The molecule has 0 radical (unpaired) electrons. The van der Waals surface area contributed by atoms with Crippen molar-refractivity contribution in [2.24, 2.45) is 5.73 Å². The number of amides is 2.